The van der Waals surface area contributed by atoms with E-state index in [0.29, 0.717) is 6.42 Å². The molecule has 2 unspecified atom stereocenters. The molecule has 0 aromatic heterocycles. The molecule has 0 aliphatic heterocycles. The van der Waals surface area contributed by atoms with E-state index in [9.17, 15) is 15.0 Å². The number of aliphatic hydroxyl groups is 2. The molecule has 0 aliphatic rings. The van der Waals surface area contributed by atoms with E-state index >= 15 is 0 Å². The molecule has 0 saturated carbocycles. The molecule has 3 N–H and O–H groups in total. The molecule has 0 spiro atoms. The minimum atomic E-state index is -0.868. The van der Waals surface area contributed by atoms with E-state index in [1.165, 1.54) is 44.9 Å². The third-order valence-electron chi connectivity index (χ3n) is 8.22. The molecule has 0 fully saturated rings. The van der Waals surface area contributed by atoms with Crippen LogP contribution >= 0.6 is 0 Å². The van der Waals surface area contributed by atoms with Crippen LogP contribution in [-0.4, -0.2) is 34.9 Å². The third kappa shape index (κ3) is 36.3. The predicted molar refractivity (Wildman–Crippen MR) is 220 cm³/mol. The first-order valence-corrected chi connectivity index (χ1v) is 20.1. The Hall–Kier alpha value is -2.95. The molecule has 0 aromatic carbocycles. The van der Waals surface area contributed by atoms with Crippen molar-refractivity contribution in [2.75, 3.05) is 6.61 Å². The molecule has 1 amide bonds. The van der Waals surface area contributed by atoms with Gasteiger partial charge in [-0.3, -0.25) is 4.79 Å². The van der Waals surface area contributed by atoms with Crippen molar-refractivity contribution in [2.45, 2.75) is 167 Å². The van der Waals surface area contributed by atoms with Crippen molar-refractivity contribution in [1.29, 1.82) is 0 Å². The standard InChI is InChI=1S/C46H75NO3/c1-3-5-7-9-11-12-13-14-15-16-17-18-19-20-21-22-23-24-25-26-27-28-29-30-31-32-33-34-36-38-40-42-46(50)47-44(43-48)45(49)41-39-37-35-10-8-6-4-2/h5,7-8,10-12,14-15,17-18,20-21,23-24,26-27,39,41,44-45,48-49H,3-4,6,9,13,16,19,22,25,28-38,40,42-43H2,1-2H3,(H,47,50)/b7-5-,10-8+,12-11-,15-14-,18-17-,21-20-,24-23-,27-26-,41-39+. The molecule has 0 rings (SSSR count). The number of carbonyl (C=O) groups is 1. The Labute approximate surface area is 308 Å². The number of rotatable bonds is 34. The quantitative estimate of drug-likeness (QED) is 0.0465. The molecular weight excluding hydrogens is 615 g/mol. The minimum absolute atomic E-state index is 0.0922. The molecule has 282 valence electrons. The van der Waals surface area contributed by atoms with Crippen molar-refractivity contribution < 1.29 is 15.0 Å². The molecule has 2 atom stereocenters. The summed E-state index contributed by atoms with van der Waals surface area (Å²) in [4.78, 5) is 12.3. The van der Waals surface area contributed by atoms with Gasteiger partial charge in [0.05, 0.1) is 18.8 Å². The normalized spacial score (nSPS) is 14.2. The molecule has 0 aromatic rings. The summed E-state index contributed by atoms with van der Waals surface area (Å²) < 4.78 is 0. The lowest BCUT2D eigenvalue weighted by Gasteiger charge is -2.19. The smallest absolute Gasteiger partial charge is 0.220 e. The summed E-state index contributed by atoms with van der Waals surface area (Å²) in [5.74, 6) is -0.0922. The van der Waals surface area contributed by atoms with Crippen molar-refractivity contribution in [3.63, 3.8) is 0 Å². The van der Waals surface area contributed by atoms with E-state index in [-0.39, 0.29) is 12.5 Å². The maximum absolute atomic E-state index is 12.3. The average Bonchev–Trinajstić information content (AvgIpc) is 3.12. The molecule has 0 radical (unpaired) electrons. The van der Waals surface area contributed by atoms with Gasteiger partial charge in [-0.15, -0.1) is 0 Å². The molecule has 0 saturated heterocycles. The first kappa shape index (κ1) is 47.0. The van der Waals surface area contributed by atoms with Crippen molar-refractivity contribution in [1.82, 2.24) is 5.32 Å². The number of nitrogens with one attached hydrogen (secondary N) is 1. The zero-order valence-electron chi connectivity index (χ0n) is 32.1. The van der Waals surface area contributed by atoms with Gasteiger partial charge in [-0.25, -0.2) is 0 Å². The monoisotopic (exact) mass is 690 g/mol. The summed E-state index contributed by atoms with van der Waals surface area (Å²) in [5.41, 5.74) is 0. The van der Waals surface area contributed by atoms with Gasteiger partial charge in [-0.1, -0.05) is 175 Å². The number of allylic oxidation sites excluding steroid dienone is 17. The van der Waals surface area contributed by atoms with E-state index in [0.717, 1.165) is 89.9 Å². The zero-order chi connectivity index (χ0) is 36.4. The van der Waals surface area contributed by atoms with Crippen LogP contribution in [0.3, 0.4) is 0 Å². The minimum Gasteiger partial charge on any atom is -0.394 e. The Bertz CT molecular complexity index is 1010. The second-order valence-corrected chi connectivity index (χ2v) is 13.0. The fraction of sp³-hybridized carbons (Fsp3) is 0.587. The maximum atomic E-state index is 12.3. The SMILES string of the molecule is CC/C=C\C/C=C\C/C=C\C/C=C\C/C=C\C/C=C\C/C=C\CCCCCCCCCCCC(=O)NC(CO)C(O)/C=C/CC/C=C/CCC. The van der Waals surface area contributed by atoms with Crippen LogP contribution in [0.1, 0.15) is 155 Å². The van der Waals surface area contributed by atoms with Crippen LogP contribution in [0.5, 0.6) is 0 Å². The molecule has 4 nitrogen and oxygen atoms in total. The van der Waals surface area contributed by atoms with Crippen molar-refractivity contribution in [3.05, 3.63) is 109 Å². The topological polar surface area (TPSA) is 69.6 Å². The summed E-state index contributed by atoms with van der Waals surface area (Å²) in [6, 6.07) is -0.646. The summed E-state index contributed by atoms with van der Waals surface area (Å²) in [5, 5.41) is 22.7. The van der Waals surface area contributed by atoms with E-state index in [4.69, 9.17) is 0 Å². The summed E-state index contributed by atoms with van der Waals surface area (Å²) >= 11 is 0. The highest BCUT2D eigenvalue weighted by molar-refractivity contribution is 5.76. The Balaban J connectivity index is 3.62. The summed E-state index contributed by atoms with van der Waals surface area (Å²) in [6.45, 7) is 4.05. The highest BCUT2D eigenvalue weighted by Gasteiger charge is 2.17. The number of aliphatic hydroxyl groups excluding tert-OH is 2. The van der Waals surface area contributed by atoms with Gasteiger partial charge in [0.2, 0.25) is 5.91 Å². The van der Waals surface area contributed by atoms with Crippen LogP contribution in [0, 0.1) is 0 Å². The van der Waals surface area contributed by atoms with Crippen LogP contribution in [-0.2, 0) is 4.79 Å². The first-order valence-electron chi connectivity index (χ1n) is 20.1. The van der Waals surface area contributed by atoms with Crippen molar-refractivity contribution in [2.24, 2.45) is 0 Å². The van der Waals surface area contributed by atoms with E-state index in [2.05, 4.69) is 116 Å². The van der Waals surface area contributed by atoms with Gasteiger partial charge in [0.15, 0.2) is 0 Å². The van der Waals surface area contributed by atoms with Gasteiger partial charge in [0.25, 0.3) is 0 Å². The van der Waals surface area contributed by atoms with Gasteiger partial charge in [0, 0.05) is 6.42 Å². The zero-order valence-corrected chi connectivity index (χ0v) is 32.1. The lowest BCUT2D eigenvalue weighted by molar-refractivity contribution is -0.123. The Kier molecular flexibility index (Phi) is 38.1. The third-order valence-corrected chi connectivity index (χ3v) is 8.22. The molecule has 0 heterocycles. The maximum Gasteiger partial charge on any atom is 0.220 e. The van der Waals surface area contributed by atoms with Crippen LogP contribution in [0.4, 0.5) is 0 Å². The summed E-state index contributed by atoms with van der Waals surface area (Å²) in [6.07, 6.45) is 62.1. The molecule has 0 bridgehead atoms. The predicted octanol–water partition coefficient (Wildman–Crippen LogP) is 12.5. The second kappa shape index (κ2) is 40.5. The van der Waals surface area contributed by atoms with Crippen LogP contribution in [0.15, 0.2) is 109 Å². The van der Waals surface area contributed by atoms with E-state index in [1.54, 1.807) is 6.08 Å². The average molecular weight is 690 g/mol. The van der Waals surface area contributed by atoms with Crippen molar-refractivity contribution >= 4 is 5.91 Å². The van der Waals surface area contributed by atoms with Crippen LogP contribution in [0.2, 0.25) is 0 Å². The lowest BCUT2D eigenvalue weighted by Crippen LogP contribution is -2.45. The molecule has 50 heavy (non-hydrogen) atoms. The van der Waals surface area contributed by atoms with Gasteiger partial charge in [-0.2, -0.15) is 0 Å². The first-order chi connectivity index (χ1) is 24.7. The Morgan fingerprint density at radius 1 is 0.500 bits per heavy atom. The molecular formula is C46H75NO3. The molecule has 4 heteroatoms. The fourth-order valence-electron chi connectivity index (χ4n) is 5.18. The second-order valence-electron chi connectivity index (χ2n) is 13.0. The van der Waals surface area contributed by atoms with E-state index in [1.807, 2.05) is 6.08 Å². The van der Waals surface area contributed by atoms with Crippen LogP contribution < -0.4 is 5.32 Å². The lowest BCUT2D eigenvalue weighted by atomic mass is 10.1. The highest BCUT2D eigenvalue weighted by Crippen LogP contribution is 2.12. The largest absolute Gasteiger partial charge is 0.394 e. The van der Waals surface area contributed by atoms with E-state index < -0.39 is 12.1 Å². The van der Waals surface area contributed by atoms with Gasteiger partial charge >= 0.3 is 0 Å². The number of hydrogen-bond donors (Lipinski definition) is 3. The van der Waals surface area contributed by atoms with Gasteiger partial charge < -0.3 is 15.5 Å². The summed E-state index contributed by atoms with van der Waals surface area (Å²) in [7, 11) is 0. The number of amides is 1. The number of carbonyl (C=O) groups excluding carboxylic acids is 1. The van der Waals surface area contributed by atoms with Gasteiger partial charge in [0.1, 0.15) is 0 Å². The highest BCUT2D eigenvalue weighted by atomic mass is 16.3. The Morgan fingerprint density at radius 2 is 0.900 bits per heavy atom. The Morgan fingerprint density at radius 3 is 1.38 bits per heavy atom. The fourth-order valence-corrected chi connectivity index (χ4v) is 5.18. The van der Waals surface area contributed by atoms with Gasteiger partial charge in [-0.05, 0) is 83.5 Å². The number of unbranched alkanes of at least 4 members (excludes halogenated alkanes) is 11. The number of hydrogen-bond acceptors (Lipinski definition) is 3. The molecule has 0 aliphatic carbocycles. The van der Waals surface area contributed by atoms with Crippen molar-refractivity contribution in [3.8, 4) is 0 Å². The van der Waals surface area contributed by atoms with Crippen LogP contribution in [0.25, 0.3) is 0 Å².